The second kappa shape index (κ2) is 5.58. The first-order chi connectivity index (χ1) is 8.77. The third kappa shape index (κ3) is 2.91. The van der Waals surface area contributed by atoms with Crippen LogP contribution in [0, 0.1) is 0 Å². The topological polar surface area (TPSA) is 66.9 Å². The lowest BCUT2D eigenvalue weighted by Gasteiger charge is -2.09. The van der Waals surface area contributed by atoms with Crippen molar-refractivity contribution in [2.45, 2.75) is 0 Å². The van der Waals surface area contributed by atoms with Crippen LogP contribution in [-0.2, 0) is 0 Å². The van der Waals surface area contributed by atoms with E-state index in [1.807, 2.05) is 12.1 Å². The predicted molar refractivity (Wildman–Crippen MR) is 68.1 cm³/mol. The number of carbonyl (C=O) groups excluding carboxylic acids is 1. The lowest BCUT2D eigenvalue weighted by molar-refractivity contribution is 0.0937. The molecule has 5 heteroatoms. The monoisotopic (exact) mass is 240 g/mol. The summed E-state index contributed by atoms with van der Waals surface area (Å²) in [7, 11) is 0. The second-order valence-electron chi connectivity index (χ2n) is 3.49. The summed E-state index contributed by atoms with van der Waals surface area (Å²) in [6.45, 7) is 3.78. The molecule has 0 bridgehead atoms. The Morgan fingerprint density at radius 3 is 2.11 bits per heavy atom. The number of nitrogens with one attached hydrogen (secondary N) is 2. The van der Waals surface area contributed by atoms with Crippen molar-refractivity contribution in [3.63, 3.8) is 0 Å². The zero-order valence-corrected chi connectivity index (χ0v) is 9.63. The van der Waals surface area contributed by atoms with Gasteiger partial charge >= 0.3 is 0 Å². The zero-order chi connectivity index (χ0) is 12.8. The first-order valence-electron chi connectivity index (χ1n) is 5.35. The highest BCUT2D eigenvalue weighted by Crippen LogP contribution is 2.03. The Bertz CT molecular complexity index is 488. The number of hydrazine groups is 1. The fourth-order valence-electron chi connectivity index (χ4n) is 1.30. The van der Waals surface area contributed by atoms with Crippen molar-refractivity contribution in [3.8, 4) is 0 Å². The quantitative estimate of drug-likeness (QED) is 0.792. The van der Waals surface area contributed by atoms with Gasteiger partial charge in [-0.15, -0.1) is 0 Å². The van der Waals surface area contributed by atoms with Gasteiger partial charge in [0.1, 0.15) is 5.69 Å². The molecule has 0 aliphatic carbocycles. The van der Waals surface area contributed by atoms with Crippen LogP contribution in [0.15, 0.2) is 55.4 Å². The molecule has 0 aromatic carbocycles. The van der Waals surface area contributed by atoms with Crippen LogP contribution in [0.1, 0.15) is 16.2 Å². The predicted octanol–water partition coefficient (Wildman–Crippen LogP) is 1.38. The van der Waals surface area contributed by atoms with Gasteiger partial charge in [-0.3, -0.25) is 25.6 Å². The van der Waals surface area contributed by atoms with Gasteiger partial charge in [0.25, 0.3) is 5.91 Å². The Labute approximate surface area is 105 Å². The van der Waals surface area contributed by atoms with Crippen molar-refractivity contribution in [1.29, 1.82) is 0 Å². The van der Waals surface area contributed by atoms with E-state index in [4.69, 9.17) is 0 Å². The summed E-state index contributed by atoms with van der Waals surface area (Å²) in [5.74, 6) is -0.326. The summed E-state index contributed by atoms with van der Waals surface area (Å²) >= 11 is 0. The molecule has 0 radical (unpaired) electrons. The van der Waals surface area contributed by atoms with E-state index < -0.39 is 0 Å². The molecule has 2 rings (SSSR count). The summed E-state index contributed by atoms with van der Waals surface area (Å²) in [4.78, 5) is 19.7. The number of rotatable bonds is 4. The molecule has 2 aromatic rings. The highest BCUT2D eigenvalue weighted by atomic mass is 16.2. The number of hydrogen-bond acceptors (Lipinski definition) is 4. The average molecular weight is 240 g/mol. The molecule has 18 heavy (non-hydrogen) atoms. The van der Waals surface area contributed by atoms with Gasteiger partial charge in [0.05, 0.1) is 11.4 Å². The molecule has 0 aliphatic heterocycles. The van der Waals surface area contributed by atoms with E-state index in [1.54, 1.807) is 36.7 Å². The van der Waals surface area contributed by atoms with Gasteiger partial charge in [-0.05, 0) is 24.3 Å². The third-order valence-corrected chi connectivity index (χ3v) is 2.20. The minimum Gasteiger partial charge on any atom is -0.297 e. The normalized spacial score (nSPS) is 9.56. The maximum Gasteiger partial charge on any atom is 0.288 e. The smallest absolute Gasteiger partial charge is 0.288 e. The number of hydrogen-bond donors (Lipinski definition) is 2. The van der Waals surface area contributed by atoms with Crippen LogP contribution in [-0.4, -0.2) is 15.9 Å². The van der Waals surface area contributed by atoms with Crippen LogP contribution >= 0.6 is 0 Å². The van der Waals surface area contributed by atoms with E-state index in [-0.39, 0.29) is 5.91 Å². The van der Waals surface area contributed by atoms with E-state index in [9.17, 15) is 4.79 Å². The Kier molecular flexibility index (Phi) is 3.66. The van der Waals surface area contributed by atoms with Crippen molar-refractivity contribution in [2.75, 3.05) is 0 Å². The molecule has 90 valence electrons. The zero-order valence-electron chi connectivity index (χ0n) is 9.63. The molecule has 0 saturated carbocycles. The minimum atomic E-state index is -0.326. The SMILES string of the molecule is C=C(NNC(=O)c1ccccn1)c1ccccn1. The van der Waals surface area contributed by atoms with Crippen LogP contribution in [0.2, 0.25) is 0 Å². The van der Waals surface area contributed by atoms with Gasteiger partial charge < -0.3 is 0 Å². The average Bonchev–Trinajstić information content (AvgIpc) is 2.46. The molecule has 0 atom stereocenters. The summed E-state index contributed by atoms with van der Waals surface area (Å²) in [5.41, 5.74) is 6.72. The van der Waals surface area contributed by atoms with E-state index in [0.717, 1.165) is 0 Å². The van der Waals surface area contributed by atoms with Gasteiger partial charge in [0.2, 0.25) is 0 Å². The van der Waals surface area contributed by atoms with Crippen LogP contribution in [0.4, 0.5) is 0 Å². The van der Waals surface area contributed by atoms with Crippen LogP contribution in [0.5, 0.6) is 0 Å². The van der Waals surface area contributed by atoms with Gasteiger partial charge in [-0.1, -0.05) is 18.7 Å². The maximum absolute atomic E-state index is 11.7. The molecular formula is C13H12N4O. The van der Waals surface area contributed by atoms with Gasteiger partial charge in [0, 0.05) is 12.4 Å². The van der Waals surface area contributed by atoms with Crippen LogP contribution < -0.4 is 10.9 Å². The van der Waals surface area contributed by atoms with Gasteiger partial charge in [0.15, 0.2) is 0 Å². The molecule has 0 aliphatic rings. The van der Waals surface area contributed by atoms with E-state index in [2.05, 4.69) is 27.4 Å². The first kappa shape index (κ1) is 11.8. The molecule has 0 saturated heterocycles. The molecule has 0 spiro atoms. The van der Waals surface area contributed by atoms with E-state index >= 15 is 0 Å². The number of nitrogens with zero attached hydrogens (tertiary/aromatic N) is 2. The Hall–Kier alpha value is -2.69. The van der Waals surface area contributed by atoms with Crippen molar-refractivity contribution in [1.82, 2.24) is 20.8 Å². The van der Waals surface area contributed by atoms with Gasteiger partial charge in [-0.25, -0.2) is 0 Å². The Morgan fingerprint density at radius 2 is 1.56 bits per heavy atom. The Morgan fingerprint density at radius 1 is 0.944 bits per heavy atom. The Balaban J connectivity index is 1.93. The van der Waals surface area contributed by atoms with Crippen molar-refractivity contribution in [2.24, 2.45) is 0 Å². The molecule has 0 unspecified atom stereocenters. The second-order valence-corrected chi connectivity index (χ2v) is 3.49. The molecule has 2 heterocycles. The molecular weight excluding hydrogens is 228 g/mol. The van der Waals surface area contributed by atoms with E-state index in [1.165, 1.54) is 0 Å². The third-order valence-electron chi connectivity index (χ3n) is 2.20. The van der Waals surface area contributed by atoms with Crippen molar-refractivity contribution < 1.29 is 4.79 Å². The van der Waals surface area contributed by atoms with Gasteiger partial charge in [-0.2, -0.15) is 0 Å². The summed E-state index contributed by atoms with van der Waals surface area (Å²) < 4.78 is 0. The molecule has 1 amide bonds. The molecule has 5 nitrogen and oxygen atoms in total. The lowest BCUT2D eigenvalue weighted by atomic mass is 10.3. The van der Waals surface area contributed by atoms with Crippen LogP contribution in [0.3, 0.4) is 0 Å². The van der Waals surface area contributed by atoms with Crippen molar-refractivity contribution in [3.05, 3.63) is 66.8 Å². The standard InChI is InChI=1S/C13H12N4O/c1-10(11-6-2-4-8-14-11)16-17-13(18)12-7-3-5-9-15-12/h2-9,16H,1H2,(H,17,18). The maximum atomic E-state index is 11.7. The first-order valence-corrected chi connectivity index (χ1v) is 5.35. The van der Waals surface area contributed by atoms with Crippen LogP contribution in [0.25, 0.3) is 5.70 Å². The molecule has 2 N–H and O–H groups in total. The number of aromatic nitrogens is 2. The summed E-state index contributed by atoms with van der Waals surface area (Å²) in [5, 5.41) is 0. The highest BCUT2D eigenvalue weighted by molar-refractivity contribution is 5.92. The fourth-order valence-corrected chi connectivity index (χ4v) is 1.30. The minimum absolute atomic E-state index is 0.326. The van der Waals surface area contributed by atoms with Crippen molar-refractivity contribution >= 4 is 11.6 Å². The number of amides is 1. The van der Waals surface area contributed by atoms with E-state index in [0.29, 0.717) is 17.1 Å². The largest absolute Gasteiger partial charge is 0.297 e. The highest BCUT2D eigenvalue weighted by Gasteiger charge is 2.06. The fraction of sp³-hybridized carbons (Fsp3) is 0. The molecule has 2 aromatic heterocycles. The molecule has 0 fully saturated rings. The number of carbonyl (C=O) groups is 1. The summed E-state index contributed by atoms with van der Waals surface area (Å²) in [6, 6.07) is 10.6. The lowest BCUT2D eigenvalue weighted by Crippen LogP contribution is -2.36. The number of pyridine rings is 2. The summed E-state index contributed by atoms with van der Waals surface area (Å²) in [6.07, 6.45) is 3.21.